The highest BCUT2D eigenvalue weighted by Gasteiger charge is 2.18. The maximum Gasteiger partial charge on any atom is 0.340 e. The molecule has 0 bridgehead atoms. The van der Waals surface area contributed by atoms with E-state index in [2.05, 4.69) is 10.1 Å². The quantitative estimate of drug-likeness (QED) is 0.617. The van der Waals surface area contributed by atoms with Gasteiger partial charge in [-0.2, -0.15) is 0 Å². The average molecular weight is 377 g/mol. The zero-order chi connectivity index (χ0) is 20.0. The molecule has 2 aromatic carbocycles. The molecule has 6 nitrogen and oxygen atoms in total. The second-order valence-corrected chi connectivity index (χ2v) is 5.20. The summed E-state index contributed by atoms with van der Waals surface area (Å²) in [5, 5.41) is 2.45. The molecule has 0 aliphatic rings. The van der Waals surface area contributed by atoms with E-state index in [-0.39, 0.29) is 28.3 Å². The van der Waals surface area contributed by atoms with Crippen LogP contribution in [0.5, 0.6) is 11.5 Å². The Hall–Kier alpha value is -3.42. The molecule has 0 atom stereocenters. The number of carbonyl (C=O) groups is 2. The van der Waals surface area contributed by atoms with E-state index in [1.807, 2.05) is 0 Å². The van der Waals surface area contributed by atoms with E-state index in [9.17, 15) is 18.4 Å². The third kappa shape index (κ3) is 4.60. The zero-order valence-electron chi connectivity index (χ0n) is 14.8. The minimum atomic E-state index is -0.805. The number of halogens is 2. The number of ether oxygens (including phenoxy) is 3. The number of anilines is 1. The molecule has 0 aliphatic carbocycles. The van der Waals surface area contributed by atoms with E-state index in [4.69, 9.17) is 9.47 Å². The summed E-state index contributed by atoms with van der Waals surface area (Å²) in [4.78, 5) is 24.1. The maximum atomic E-state index is 13.6. The van der Waals surface area contributed by atoms with Crippen LogP contribution in [0.15, 0.2) is 36.4 Å². The summed E-state index contributed by atoms with van der Waals surface area (Å²) >= 11 is 0. The number of hydrogen-bond acceptors (Lipinski definition) is 5. The van der Waals surface area contributed by atoms with Gasteiger partial charge in [0.05, 0.1) is 32.6 Å². The number of carbonyl (C=O) groups excluding carboxylic acids is 2. The van der Waals surface area contributed by atoms with Crippen molar-refractivity contribution in [1.82, 2.24) is 0 Å². The van der Waals surface area contributed by atoms with Crippen LogP contribution in [0.2, 0.25) is 0 Å². The molecule has 0 saturated heterocycles. The fourth-order valence-electron chi connectivity index (χ4n) is 2.26. The molecule has 0 radical (unpaired) electrons. The predicted molar refractivity (Wildman–Crippen MR) is 94.9 cm³/mol. The van der Waals surface area contributed by atoms with Crippen molar-refractivity contribution in [3.63, 3.8) is 0 Å². The largest absolute Gasteiger partial charge is 0.493 e. The zero-order valence-corrected chi connectivity index (χ0v) is 14.8. The lowest BCUT2D eigenvalue weighted by Gasteiger charge is -2.14. The normalized spacial score (nSPS) is 10.6. The Bertz CT molecular complexity index is 876. The van der Waals surface area contributed by atoms with Crippen LogP contribution in [-0.4, -0.2) is 33.2 Å². The van der Waals surface area contributed by atoms with E-state index in [1.54, 1.807) is 0 Å². The number of amides is 1. The lowest BCUT2D eigenvalue weighted by atomic mass is 10.1. The number of esters is 1. The van der Waals surface area contributed by atoms with Gasteiger partial charge in [0.25, 0.3) is 0 Å². The van der Waals surface area contributed by atoms with Crippen LogP contribution in [0.25, 0.3) is 6.08 Å². The molecular weight excluding hydrogens is 360 g/mol. The van der Waals surface area contributed by atoms with Crippen LogP contribution in [0.4, 0.5) is 14.5 Å². The van der Waals surface area contributed by atoms with Gasteiger partial charge in [0.15, 0.2) is 11.5 Å². The van der Waals surface area contributed by atoms with Gasteiger partial charge in [-0.1, -0.05) is 6.07 Å². The number of methoxy groups -OCH3 is 3. The standard InChI is InChI=1S/C19H17F2NO5/c1-25-16-9-12(19(24)27-3)15(10-17(16)26-2)22-18(23)8-7-11-13(20)5-4-6-14(11)21/h4-10H,1-3H3,(H,22,23)/b8-7+. The van der Waals surface area contributed by atoms with Crippen molar-refractivity contribution >= 4 is 23.6 Å². The topological polar surface area (TPSA) is 73.9 Å². The van der Waals surface area contributed by atoms with Crippen molar-refractivity contribution in [1.29, 1.82) is 0 Å². The van der Waals surface area contributed by atoms with Gasteiger partial charge in [0, 0.05) is 23.8 Å². The summed E-state index contributed by atoms with van der Waals surface area (Å²) in [7, 11) is 3.97. The monoisotopic (exact) mass is 377 g/mol. The van der Waals surface area contributed by atoms with Crippen LogP contribution in [0, 0.1) is 11.6 Å². The molecule has 27 heavy (non-hydrogen) atoms. The number of nitrogens with one attached hydrogen (secondary N) is 1. The van der Waals surface area contributed by atoms with E-state index in [1.165, 1.54) is 39.5 Å². The van der Waals surface area contributed by atoms with Gasteiger partial charge < -0.3 is 19.5 Å². The van der Waals surface area contributed by atoms with Gasteiger partial charge in [0.1, 0.15) is 11.6 Å². The molecule has 2 aromatic rings. The molecular formula is C19H17F2NO5. The second-order valence-electron chi connectivity index (χ2n) is 5.20. The van der Waals surface area contributed by atoms with Gasteiger partial charge in [-0.05, 0) is 18.2 Å². The van der Waals surface area contributed by atoms with Crippen molar-refractivity contribution in [3.05, 3.63) is 59.2 Å². The molecule has 0 saturated carbocycles. The summed E-state index contributed by atoms with van der Waals surface area (Å²) < 4.78 is 42.2. The van der Waals surface area contributed by atoms with Gasteiger partial charge in [-0.25, -0.2) is 13.6 Å². The second kappa shape index (κ2) is 8.79. The molecule has 0 aromatic heterocycles. The van der Waals surface area contributed by atoms with Crippen molar-refractivity contribution in [3.8, 4) is 11.5 Å². The lowest BCUT2D eigenvalue weighted by molar-refractivity contribution is -0.111. The Morgan fingerprint density at radius 1 is 1.00 bits per heavy atom. The molecule has 1 amide bonds. The van der Waals surface area contributed by atoms with Crippen LogP contribution in [-0.2, 0) is 9.53 Å². The SMILES string of the molecule is COC(=O)c1cc(OC)c(OC)cc1NC(=O)/C=C/c1c(F)cccc1F. The summed E-state index contributed by atoms with van der Waals surface area (Å²) in [5.74, 6) is -2.50. The van der Waals surface area contributed by atoms with Gasteiger partial charge in [-0.3, -0.25) is 4.79 Å². The van der Waals surface area contributed by atoms with Crippen molar-refractivity contribution in [2.45, 2.75) is 0 Å². The van der Waals surface area contributed by atoms with E-state index in [0.29, 0.717) is 0 Å². The third-order valence-electron chi connectivity index (χ3n) is 3.59. The van der Waals surface area contributed by atoms with E-state index >= 15 is 0 Å². The Kier molecular flexibility index (Phi) is 6.48. The third-order valence-corrected chi connectivity index (χ3v) is 3.59. The molecule has 0 unspecified atom stereocenters. The van der Waals surface area contributed by atoms with Crippen molar-refractivity contribution < 1.29 is 32.6 Å². The molecule has 8 heteroatoms. The summed E-state index contributed by atoms with van der Waals surface area (Å²) in [6.45, 7) is 0. The summed E-state index contributed by atoms with van der Waals surface area (Å²) in [6, 6.07) is 6.09. The van der Waals surface area contributed by atoms with E-state index in [0.717, 1.165) is 24.3 Å². The first-order valence-corrected chi connectivity index (χ1v) is 7.68. The minimum absolute atomic E-state index is 0.0222. The Morgan fingerprint density at radius 3 is 2.15 bits per heavy atom. The highest BCUT2D eigenvalue weighted by atomic mass is 19.1. The number of rotatable bonds is 6. The number of benzene rings is 2. The maximum absolute atomic E-state index is 13.6. The van der Waals surface area contributed by atoms with Crippen LogP contribution in [0.1, 0.15) is 15.9 Å². The highest BCUT2D eigenvalue weighted by molar-refractivity contribution is 6.07. The van der Waals surface area contributed by atoms with Crippen LogP contribution >= 0.6 is 0 Å². The van der Waals surface area contributed by atoms with Crippen molar-refractivity contribution in [2.24, 2.45) is 0 Å². The lowest BCUT2D eigenvalue weighted by Crippen LogP contribution is -2.13. The first-order chi connectivity index (χ1) is 12.9. The fourth-order valence-corrected chi connectivity index (χ4v) is 2.26. The molecule has 2 rings (SSSR count). The van der Waals surface area contributed by atoms with Crippen LogP contribution in [0.3, 0.4) is 0 Å². The van der Waals surface area contributed by atoms with Crippen molar-refractivity contribution in [2.75, 3.05) is 26.6 Å². The molecule has 0 spiro atoms. The Labute approximate surface area is 154 Å². The van der Waals surface area contributed by atoms with Gasteiger partial charge >= 0.3 is 5.97 Å². The molecule has 0 aliphatic heterocycles. The molecule has 142 valence electrons. The highest BCUT2D eigenvalue weighted by Crippen LogP contribution is 2.33. The van der Waals surface area contributed by atoms with Gasteiger partial charge in [-0.15, -0.1) is 0 Å². The number of hydrogen-bond donors (Lipinski definition) is 1. The van der Waals surface area contributed by atoms with Gasteiger partial charge in [0.2, 0.25) is 5.91 Å². The Morgan fingerprint density at radius 2 is 1.59 bits per heavy atom. The average Bonchev–Trinajstić information content (AvgIpc) is 2.66. The fraction of sp³-hybridized carbons (Fsp3) is 0.158. The first-order valence-electron chi connectivity index (χ1n) is 7.68. The molecule has 0 heterocycles. The first kappa shape index (κ1) is 19.9. The Balaban J connectivity index is 2.33. The minimum Gasteiger partial charge on any atom is -0.493 e. The van der Waals surface area contributed by atoms with E-state index < -0.39 is 23.5 Å². The van der Waals surface area contributed by atoms with Crippen LogP contribution < -0.4 is 14.8 Å². The molecule has 1 N–H and O–H groups in total. The molecule has 0 fully saturated rings. The predicted octanol–water partition coefficient (Wildman–Crippen LogP) is 3.42. The smallest absolute Gasteiger partial charge is 0.340 e. The summed E-state index contributed by atoms with van der Waals surface area (Å²) in [6.07, 6.45) is 1.94. The summed E-state index contributed by atoms with van der Waals surface area (Å²) in [5.41, 5.74) is -0.245.